The quantitative estimate of drug-likeness (QED) is 0.679. The van der Waals surface area contributed by atoms with E-state index in [1.54, 1.807) is 0 Å². The minimum absolute atomic E-state index is 0. The summed E-state index contributed by atoms with van der Waals surface area (Å²) in [5, 5.41) is 14.2. The van der Waals surface area contributed by atoms with Crippen molar-refractivity contribution in [2.45, 2.75) is 6.04 Å². The Bertz CT molecular complexity index is 469. The number of halogens is 1. The van der Waals surface area contributed by atoms with Gasteiger partial charge in [-0.2, -0.15) is 11.3 Å². The standard InChI is InChI=1S/C9H8N2O3S.ClH/c10-9(6-3-4-15-5-6)7-1-2-8(14-7)11(12)13;/h1-5,9H,10H2;1H/t9-;/m0./s1. The maximum absolute atomic E-state index is 10.4. The lowest BCUT2D eigenvalue weighted by molar-refractivity contribution is -0.402. The number of nitrogens with zero attached hydrogens (tertiary/aromatic N) is 1. The second-order valence-electron chi connectivity index (χ2n) is 2.97. The Balaban J connectivity index is 0.00000128. The summed E-state index contributed by atoms with van der Waals surface area (Å²) in [6.45, 7) is 0. The van der Waals surface area contributed by atoms with Crippen LogP contribution in [0.3, 0.4) is 0 Å². The largest absolute Gasteiger partial charge is 0.433 e. The molecule has 1 atom stereocenters. The molecule has 0 spiro atoms. The van der Waals surface area contributed by atoms with Gasteiger partial charge >= 0.3 is 5.88 Å². The molecule has 2 heterocycles. The molecule has 0 aliphatic rings. The van der Waals surface area contributed by atoms with Gasteiger partial charge in [0.2, 0.25) is 0 Å². The van der Waals surface area contributed by atoms with Crippen molar-refractivity contribution in [3.8, 4) is 0 Å². The van der Waals surface area contributed by atoms with Crippen molar-refractivity contribution in [3.05, 3.63) is 50.4 Å². The molecule has 86 valence electrons. The lowest BCUT2D eigenvalue weighted by Crippen LogP contribution is -2.09. The molecule has 0 amide bonds. The molecule has 2 N–H and O–H groups in total. The molecule has 0 unspecified atom stereocenters. The molecule has 0 saturated carbocycles. The molecule has 0 fully saturated rings. The number of thiophene rings is 1. The van der Waals surface area contributed by atoms with Gasteiger partial charge in [-0.15, -0.1) is 12.4 Å². The van der Waals surface area contributed by atoms with Crippen molar-refractivity contribution in [1.29, 1.82) is 0 Å². The van der Waals surface area contributed by atoms with Crippen molar-refractivity contribution in [3.63, 3.8) is 0 Å². The van der Waals surface area contributed by atoms with E-state index < -0.39 is 11.0 Å². The van der Waals surface area contributed by atoms with E-state index in [-0.39, 0.29) is 18.3 Å². The second-order valence-corrected chi connectivity index (χ2v) is 3.75. The van der Waals surface area contributed by atoms with E-state index in [0.29, 0.717) is 5.76 Å². The highest BCUT2D eigenvalue weighted by molar-refractivity contribution is 7.07. The average Bonchev–Trinajstić information content (AvgIpc) is 2.88. The normalized spacial score (nSPS) is 11.8. The molecule has 0 aliphatic carbocycles. The molecule has 0 aromatic carbocycles. The number of hydrogen-bond donors (Lipinski definition) is 1. The van der Waals surface area contributed by atoms with Crippen LogP contribution in [-0.2, 0) is 0 Å². The molecule has 0 aliphatic heterocycles. The van der Waals surface area contributed by atoms with Crippen LogP contribution < -0.4 is 5.73 Å². The van der Waals surface area contributed by atoms with Crippen molar-refractivity contribution >= 4 is 29.6 Å². The third kappa shape index (κ3) is 2.41. The van der Waals surface area contributed by atoms with Crippen molar-refractivity contribution in [2.75, 3.05) is 0 Å². The average molecular weight is 261 g/mol. The predicted octanol–water partition coefficient (Wildman–Crippen LogP) is 2.72. The summed E-state index contributed by atoms with van der Waals surface area (Å²) in [5.41, 5.74) is 6.76. The van der Waals surface area contributed by atoms with Crippen LogP contribution in [0.1, 0.15) is 17.4 Å². The zero-order valence-electron chi connectivity index (χ0n) is 8.03. The summed E-state index contributed by atoms with van der Waals surface area (Å²) in [5.74, 6) is 0.121. The van der Waals surface area contributed by atoms with Gasteiger partial charge in [0.1, 0.15) is 10.7 Å². The lowest BCUT2D eigenvalue weighted by atomic mass is 10.1. The van der Waals surface area contributed by atoms with Crippen LogP contribution in [0.25, 0.3) is 0 Å². The van der Waals surface area contributed by atoms with E-state index in [9.17, 15) is 10.1 Å². The van der Waals surface area contributed by atoms with Crippen molar-refractivity contribution in [1.82, 2.24) is 0 Å². The number of nitro groups is 1. The van der Waals surface area contributed by atoms with E-state index >= 15 is 0 Å². The van der Waals surface area contributed by atoms with Crippen LogP contribution >= 0.6 is 23.7 Å². The molecule has 2 aromatic rings. The minimum Gasteiger partial charge on any atom is -0.404 e. The summed E-state index contributed by atoms with van der Waals surface area (Å²) < 4.78 is 5.01. The number of nitrogens with two attached hydrogens (primary N) is 1. The minimum atomic E-state index is -0.580. The Hall–Kier alpha value is -1.37. The zero-order chi connectivity index (χ0) is 10.8. The first-order valence-corrected chi connectivity index (χ1v) is 5.14. The molecular weight excluding hydrogens is 252 g/mol. The summed E-state index contributed by atoms with van der Waals surface area (Å²) in [6.07, 6.45) is 0. The Morgan fingerprint density at radius 2 is 2.19 bits per heavy atom. The van der Waals surface area contributed by atoms with E-state index in [2.05, 4.69) is 0 Å². The van der Waals surface area contributed by atoms with E-state index in [0.717, 1.165) is 5.56 Å². The van der Waals surface area contributed by atoms with Crippen molar-refractivity contribution < 1.29 is 9.34 Å². The van der Waals surface area contributed by atoms with E-state index in [1.165, 1.54) is 23.5 Å². The smallest absolute Gasteiger partial charge is 0.404 e. The van der Waals surface area contributed by atoms with Gasteiger partial charge in [0.15, 0.2) is 0 Å². The fourth-order valence-electron chi connectivity index (χ4n) is 1.22. The Kier molecular flexibility index (Phi) is 4.05. The van der Waals surface area contributed by atoms with Gasteiger partial charge in [-0.1, -0.05) is 0 Å². The van der Waals surface area contributed by atoms with Gasteiger partial charge in [0.05, 0.1) is 12.1 Å². The SMILES string of the molecule is Cl.N[C@@H](c1ccsc1)c1ccc([N+](=O)[O-])o1. The summed E-state index contributed by atoms with van der Waals surface area (Å²) in [4.78, 5) is 9.82. The van der Waals surface area contributed by atoms with Gasteiger partial charge in [0, 0.05) is 0 Å². The van der Waals surface area contributed by atoms with Crippen LogP contribution in [0.2, 0.25) is 0 Å². The molecule has 2 rings (SSSR count). The number of rotatable bonds is 3. The Morgan fingerprint density at radius 1 is 1.44 bits per heavy atom. The molecule has 0 saturated heterocycles. The molecule has 7 heteroatoms. The first kappa shape index (κ1) is 12.7. The third-order valence-corrected chi connectivity index (χ3v) is 2.70. The maximum Gasteiger partial charge on any atom is 0.433 e. The summed E-state index contributed by atoms with van der Waals surface area (Å²) in [6, 6.07) is 4.26. The van der Waals surface area contributed by atoms with Gasteiger partial charge in [0.25, 0.3) is 0 Å². The number of furan rings is 1. The van der Waals surface area contributed by atoms with Crippen molar-refractivity contribution in [2.24, 2.45) is 5.73 Å². The van der Waals surface area contributed by atoms with Gasteiger partial charge in [-0.3, -0.25) is 10.1 Å². The molecule has 16 heavy (non-hydrogen) atoms. The van der Waals surface area contributed by atoms with E-state index in [1.807, 2.05) is 16.8 Å². The Labute approximate surface area is 101 Å². The molecular formula is C9H9ClN2O3S. The summed E-state index contributed by atoms with van der Waals surface area (Å²) >= 11 is 1.52. The fourth-order valence-corrected chi connectivity index (χ4v) is 1.92. The molecule has 2 aromatic heterocycles. The Morgan fingerprint density at radius 3 is 2.69 bits per heavy atom. The zero-order valence-corrected chi connectivity index (χ0v) is 9.66. The van der Waals surface area contributed by atoms with Gasteiger partial charge in [-0.05, 0) is 28.5 Å². The van der Waals surface area contributed by atoms with Gasteiger partial charge in [-0.25, -0.2) is 0 Å². The van der Waals surface area contributed by atoms with Crippen LogP contribution in [-0.4, -0.2) is 4.92 Å². The van der Waals surface area contributed by atoms with Crippen LogP contribution in [0.15, 0.2) is 33.4 Å². The fraction of sp³-hybridized carbons (Fsp3) is 0.111. The first-order chi connectivity index (χ1) is 7.18. The highest BCUT2D eigenvalue weighted by Crippen LogP contribution is 2.25. The highest BCUT2D eigenvalue weighted by Gasteiger charge is 2.18. The van der Waals surface area contributed by atoms with Crippen LogP contribution in [0.4, 0.5) is 5.88 Å². The highest BCUT2D eigenvalue weighted by atomic mass is 35.5. The topological polar surface area (TPSA) is 82.3 Å². The monoisotopic (exact) mass is 260 g/mol. The predicted molar refractivity (Wildman–Crippen MR) is 63.0 cm³/mol. The molecule has 0 bridgehead atoms. The summed E-state index contributed by atoms with van der Waals surface area (Å²) in [7, 11) is 0. The van der Waals surface area contributed by atoms with Crippen LogP contribution in [0, 0.1) is 10.1 Å². The molecule has 0 radical (unpaired) electrons. The third-order valence-electron chi connectivity index (χ3n) is 2.00. The lowest BCUT2D eigenvalue weighted by Gasteiger charge is -2.04. The second kappa shape index (κ2) is 5.11. The number of hydrogen-bond acceptors (Lipinski definition) is 5. The first-order valence-electron chi connectivity index (χ1n) is 4.20. The van der Waals surface area contributed by atoms with Gasteiger partial charge < -0.3 is 10.2 Å². The van der Waals surface area contributed by atoms with Crippen LogP contribution in [0.5, 0.6) is 0 Å². The molecule has 5 nitrogen and oxygen atoms in total. The maximum atomic E-state index is 10.4. The van der Waals surface area contributed by atoms with E-state index in [4.69, 9.17) is 10.2 Å².